The highest BCUT2D eigenvalue weighted by atomic mass is 19.1. The van der Waals surface area contributed by atoms with Gasteiger partial charge in [-0.2, -0.15) is 0 Å². The fourth-order valence-electron chi connectivity index (χ4n) is 1.37. The largest absolute Gasteiger partial charge is 0.493 e. The highest BCUT2D eigenvalue weighted by Crippen LogP contribution is 2.25. The first-order valence-electron chi connectivity index (χ1n) is 4.67. The molecule has 0 spiro atoms. The second-order valence-electron chi connectivity index (χ2n) is 3.16. The van der Waals surface area contributed by atoms with E-state index in [4.69, 9.17) is 4.74 Å². The van der Waals surface area contributed by atoms with Gasteiger partial charge in [0.05, 0.1) is 14.2 Å². The third-order valence-electron chi connectivity index (χ3n) is 2.12. The summed E-state index contributed by atoms with van der Waals surface area (Å²) in [6, 6.07) is 1.88. The average Bonchev–Trinajstić information content (AvgIpc) is 2.25. The lowest BCUT2D eigenvalue weighted by molar-refractivity contribution is -0.140. The number of hydrogen-bond acceptors (Lipinski definition) is 3. The van der Waals surface area contributed by atoms with Crippen LogP contribution < -0.4 is 4.74 Å². The van der Waals surface area contributed by atoms with Crippen molar-refractivity contribution in [1.29, 1.82) is 0 Å². The molecule has 3 nitrogen and oxygen atoms in total. The first-order chi connectivity index (χ1) is 7.58. The van der Waals surface area contributed by atoms with Crippen LogP contribution in [0.5, 0.6) is 5.75 Å². The van der Waals surface area contributed by atoms with E-state index in [9.17, 15) is 13.6 Å². The standard InChI is InChI=1S/C11H12F2O3/c1-15-10(14)4-3-7-5-8(12)6-9(13)11(7)16-2/h5-6H,3-4H2,1-2H3. The van der Waals surface area contributed by atoms with Crippen molar-refractivity contribution in [2.45, 2.75) is 12.8 Å². The molecule has 16 heavy (non-hydrogen) atoms. The Morgan fingerprint density at radius 1 is 1.31 bits per heavy atom. The molecule has 0 radical (unpaired) electrons. The van der Waals surface area contributed by atoms with E-state index >= 15 is 0 Å². The number of methoxy groups -OCH3 is 2. The Bertz CT molecular complexity index is 391. The van der Waals surface area contributed by atoms with Gasteiger partial charge in [0, 0.05) is 18.1 Å². The Balaban J connectivity index is 2.89. The molecular weight excluding hydrogens is 218 g/mol. The molecule has 5 heteroatoms. The predicted octanol–water partition coefficient (Wildman–Crippen LogP) is 2.08. The summed E-state index contributed by atoms with van der Waals surface area (Å²) in [4.78, 5) is 10.9. The Labute approximate surface area is 92.0 Å². The molecular formula is C11H12F2O3. The van der Waals surface area contributed by atoms with Crippen molar-refractivity contribution < 1.29 is 23.0 Å². The summed E-state index contributed by atoms with van der Waals surface area (Å²) in [6.45, 7) is 0. The molecule has 0 atom stereocenters. The minimum atomic E-state index is -0.776. The maximum Gasteiger partial charge on any atom is 0.305 e. The molecule has 0 amide bonds. The lowest BCUT2D eigenvalue weighted by Gasteiger charge is -2.09. The Morgan fingerprint density at radius 3 is 2.56 bits per heavy atom. The van der Waals surface area contributed by atoms with E-state index in [2.05, 4.69) is 4.74 Å². The van der Waals surface area contributed by atoms with Crippen molar-refractivity contribution in [3.63, 3.8) is 0 Å². The smallest absolute Gasteiger partial charge is 0.305 e. The molecule has 1 rings (SSSR count). The van der Waals surface area contributed by atoms with Crippen molar-refractivity contribution in [2.75, 3.05) is 14.2 Å². The van der Waals surface area contributed by atoms with Gasteiger partial charge >= 0.3 is 5.97 Å². The summed E-state index contributed by atoms with van der Waals surface area (Å²) >= 11 is 0. The van der Waals surface area contributed by atoms with Crippen LogP contribution in [0, 0.1) is 11.6 Å². The molecule has 0 saturated heterocycles. The molecule has 0 N–H and O–H groups in total. The molecule has 0 aliphatic rings. The number of aryl methyl sites for hydroxylation is 1. The van der Waals surface area contributed by atoms with E-state index in [1.54, 1.807) is 0 Å². The van der Waals surface area contributed by atoms with E-state index in [0.29, 0.717) is 5.56 Å². The molecule has 0 bridgehead atoms. The van der Waals surface area contributed by atoms with Gasteiger partial charge in [0.2, 0.25) is 0 Å². The Kier molecular flexibility index (Phi) is 4.22. The van der Waals surface area contributed by atoms with E-state index in [0.717, 1.165) is 12.1 Å². The van der Waals surface area contributed by atoms with Crippen molar-refractivity contribution in [1.82, 2.24) is 0 Å². The molecule has 88 valence electrons. The van der Waals surface area contributed by atoms with Crippen molar-refractivity contribution >= 4 is 5.97 Å². The summed E-state index contributed by atoms with van der Waals surface area (Å²) < 4.78 is 35.4. The van der Waals surface area contributed by atoms with Gasteiger partial charge in [-0.05, 0) is 12.5 Å². The lowest BCUT2D eigenvalue weighted by Crippen LogP contribution is -2.04. The number of esters is 1. The highest BCUT2D eigenvalue weighted by Gasteiger charge is 2.13. The summed E-state index contributed by atoms with van der Waals surface area (Å²) in [5.41, 5.74) is 0.311. The summed E-state index contributed by atoms with van der Waals surface area (Å²) in [5, 5.41) is 0. The highest BCUT2D eigenvalue weighted by molar-refractivity contribution is 5.69. The molecule has 0 fully saturated rings. The molecule has 0 aliphatic heterocycles. The molecule has 0 aliphatic carbocycles. The predicted molar refractivity (Wildman–Crippen MR) is 53.2 cm³/mol. The van der Waals surface area contributed by atoms with Gasteiger partial charge in [0.1, 0.15) is 5.82 Å². The molecule has 0 heterocycles. The Morgan fingerprint density at radius 2 is 2.00 bits per heavy atom. The SMILES string of the molecule is COC(=O)CCc1cc(F)cc(F)c1OC. The maximum absolute atomic E-state index is 13.2. The van der Waals surface area contributed by atoms with Crippen LogP contribution in [0.15, 0.2) is 12.1 Å². The van der Waals surface area contributed by atoms with Crippen molar-refractivity contribution in [2.24, 2.45) is 0 Å². The number of carbonyl (C=O) groups is 1. The minimum absolute atomic E-state index is 0.0368. The van der Waals surface area contributed by atoms with Crippen LogP contribution in [-0.4, -0.2) is 20.2 Å². The van der Waals surface area contributed by atoms with Crippen LogP contribution in [0.3, 0.4) is 0 Å². The molecule has 1 aromatic rings. The van der Waals surface area contributed by atoms with E-state index in [1.165, 1.54) is 14.2 Å². The number of rotatable bonds is 4. The normalized spacial score (nSPS) is 10.0. The fourth-order valence-corrected chi connectivity index (χ4v) is 1.37. The maximum atomic E-state index is 13.2. The lowest BCUT2D eigenvalue weighted by atomic mass is 10.1. The van der Waals surface area contributed by atoms with Gasteiger partial charge in [0.25, 0.3) is 0 Å². The van der Waals surface area contributed by atoms with Crippen LogP contribution >= 0.6 is 0 Å². The van der Waals surface area contributed by atoms with Gasteiger partial charge in [-0.15, -0.1) is 0 Å². The number of hydrogen-bond donors (Lipinski definition) is 0. The minimum Gasteiger partial charge on any atom is -0.493 e. The van der Waals surface area contributed by atoms with E-state index in [-0.39, 0.29) is 18.6 Å². The zero-order valence-electron chi connectivity index (χ0n) is 9.05. The average molecular weight is 230 g/mol. The van der Waals surface area contributed by atoms with Crippen molar-refractivity contribution in [3.8, 4) is 5.75 Å². The number of halogens is 2. The van der Waals surface area contributed by atoms with Crippen molar-refractivity contribution in [3.05, 3.63) is 29.3 Å². The van der Waals surface area contributed by atoms with Gasteiger partial charge in [0.15, 0.2) is 11.6 Å². The zero-order chi connectivity index (χ0) is 12.1. The van der Waals surface area contributed by atoms with Gasteiger partial charge in [-0.25, -0.2) is 8.78 Å². The van der Waals surface area contributed by atoms with Crippen LogP contribution in [-0.2, 0) is 16.0 Å². The van der Waals surface area contributed by atoms with Gasteiger partial charge < -0.3 is 9.47 Å². The van der Waals surface area contributed by atoms with E-state index in [1.807, 2.05) is 0 Å². The number of ether oxygens (including phenoxy) is 2. The first-order valence-corrected chi connectivity index (χ1v) is 4.67. The number of benzene rings is 1. The second-order valence-corrected chi connectivity index (χ2v) is 3.16. The molecule has 0 unspecified atom stereocenters. The third-order valence-corrected chi connectivity index (χ3v) is 2.12. The van der Waals surface area contributed by atoms with Gasteiger partial charge in [-0.1, -0.05) is 0 Å². The van der Waals surface area contributed by atoms with Gasteiger partial charge in [-0.3, -0.25) is 4.79 Å². The molecule has 0 saturated carbocycles. The zero-order valence-corrected chi connectivity index (χ0v) is 9.05. The summed E-state index contributed by atoms with van der Waals surface area (Å²) in [6.07, 6.45) is 0.222. The first kappa shape index (κ1) is 12.4. The van der Waals surface area contributed by atoms with Crippen LogP contribution in [0.2, 0.25) is 0 Å². The fraction of sp³-hybridized carbons (Fsp3) is 0.364. The quantitative estimate of drug-likeness (QED) is 0.743. The molecule has 1 aromatic carbocycles. The van der Waals surface area contributed by atoms with Crippen LogP contribution in [0.25, 0.3) is 0 Å². The van der Waals surface area contributed by atoms with Crippen LogP contribution in [0.4, 0.5) is 8.78 Å². The monoisotopic (exact) mass is 230 g/mol. The number of carbonyl (C=O) groups excluding carboxylic acids is 1. The summed E-state index contributed by atoms with van der Waals surface area (Å²) in [7, 11) is 2.55. The van der Waals surface area contributed by atoms with Crippen LogP contribution in [0.1, 0.15) is 12.0 Å². The topological polar surface area (TPSA) is 35.5 Å². The molecule has 0 aromatic heterocycles. The Hall–Kier alpha value is -1.65. The summed E-state index contributed by atoms with van der Waals surface area (Å²) in [5.74, 6) is -1.95. The van der Waals surface area contributed by atoms with E-state index < -0.39 is 17.6 Å². The second kappa shape index (κ2) is 5.44. The third kappa shape index (κ3) is 2.92.